The lowest BCUT2D eigenvalue weighted by Crippen LogP contribution is -2.59. The van der Waals surface area contributed by atoms with Crippen LogP contribution in [0.4, 0.5) is 23.2 Å². The minimum atomic E-state index is -4.86. The van der Waals surface area contributed by atoms with E-state index in [2.05, 4.69) is 10.3 Å². The first-order valence-corrected chi connectivity index (χ1v) is 13.3. The van der Waals surface area contributed by atoms with E-state index in [1.807, 2.05) is 0 Å². The van der Waals surface area contributed by atoms with Crippen molar-refractivity contribution in [1.29, 1.82) is 0 Å². The van der Waals surface area contributed by atoms with E-state index in [0.29, 0.717) is 18.9 Å². The average molecular weight is 599 g/mol. The highest BCUT2D eigenvalue weighted by atomic mass is 35.5. The molecule has 1 fully saturated rings. The molecule has 1 saturated carbocycles. The maximum Gasteiger partial charge on any atom is 0.417 e. The van der Waals surface area contributed by atoms with E-state index < -0.39 is 57.2 Å². The summed E-state index contributed by atoms with van der Waals surface area (Å²) in [6.07, 6.45) is -3.10. The van der Waals surface area contributed by atoms with Gasteiger partial charge in [0.05, 0.1) is 34.4 Å². The lowest BCUT2D eigenvalue weighted by atomic mass is 9.77. The van der Waals surface area contributed by atoms with Crippen molar-refractivity contribution in [2.24, 2.45) is 5.73 Å². The summed E-state index contributed by atoms with van der Waals surface area (Å²) in [5.74, 6) is -2.79. The van der Waals surface area contributed by atoms with Crippen molar-refractivity contribution in [1.82, 2.24) is 9.29 Å². The zero-order chi connectivity index (χ0) is 29.4. The van der Waals surface area contributed by atoms with Gasteiger partial charge in [0, 0.05) is 11.8 Å². The van der Waals surface area contributed by atoms with Crippen LogP contribution in [0.1, 0.15) is 40.9 Å². The lowest BCUT2D eigenvalue weighted by Gasteiger charge is -2.38. The Morgan fingerprint density at radius 2 is 1.88 bits per heavy atom. The maximum absolute atomic E-state index is 13.6. The third kappa shape index (κ3) is 6.17. The number of nitrogens with two attached hydrogens (primary N) is 1. The summed E-state index contributed by atoms with van der Waals surface area (Å²) in [5, 5.41) is 1.76. The Bertz CT molecular complexity index is 1470. The summed E-state index contributed by atoms with van der Waals surface area (Å²) in [6, 6.07) is 9.24. The molecule has 0 radical (unpaired) electrons. The Labute approximate surface area is 234 Å². The summed E-state index contributed by atoms with van der Waals surface area (Å²) in [5.41, 5.74) is 3.55. The number of carbonyl (C=O) groups is 2. The van der Waals surface area contributed by atoms with Crippen LogP contribution in [-0.2, 0) is 22.3 Å². The first-order chi connectivity index (χ1) is 18.7. The number of hydrogen-bond acceptors (Lipinski definition) is 6. The van der Waals surface area contributed by atoms with Crippen molar-refractivity contribution in [3.05, 3.63) is 76.3 Å². The van der Waals surface area contributed by atoms with Crippen molar-refractivity contribution in [3.63, 3.8) is 0 Å². The number of pyridine rings is 1. The van der Waals surface area contributed by atoms with Gasteiger partial charge in [-0.1, -0.05) is 17.7 Å². The monoisotopic (exact) mass is 598 g/mol. The molecule has 0 saturated heterocycles. The quantitative estimate of drug-likeness (QED) is 0.207. The minimum Gasteiger partial charge on any atom is -0.588 e. The molecule has 0 aliphatic heterocycles. The molecule has 1 aromatic heterocycles. The molecule has 3 N–H and O–H groups in total. The van der Waals surface area contributed by atoms with Crippen LogP contribution in [0.15, 0.2) is 53.4 Å². The van der Waals surface area contributed by atoms with Crippen LogP contribution in [0.3, 0.4) is 0 Å². The zero-order valence-electron chi connectivity index (χ0n) is 21.1. The van der Waals surface area contributed by atoms with E-state index in [0.717, 1.165) is 28.9 Å². The minimum absolute atomic E-state index is 0.0323. The van der Waals surface area contributed by atoms with Gasteiger partial charge in [0.25, 0.3) is 11.8 Å². The molecule has 0 bridgehead atoms. The van der Waals surface area contributed by atoms with Gasteiger partial charge in [-0.2, -0.15) is 21.9 Å². The Hall–Kier alpha value is -3.39. The first kappa shape index (κ1) is 29.6. The second-order valence-corrected chi connectivity index (χ2v) is 11.1. The van der Waals surface area contributed by atoms with Gasteiger partial charge in [-0.05, 0) is 62.6 Å². The number of amides is 2. The summed E-state index contributed by atoms with van der Waals surface area (Å²) in [6.45, 7) is 1.38. The molecule has 0 spiro atoms. The van der Waals surface area contributed by atoms with Gasteiger partial charge < -0.3 is 20.3 Å². The van der Waals surface area contributed by atoms with Gasteiger partial charge >= 0.3 is 6.18 Å². The molecular weight excluding hydrogens is 576 g/mol. The fourth-order valence-electron chi connectivity index (χ4n) is 3.98. The standard InChI is InChI=1S/C26H23ClF4N4O4S/c1-14-20(7-8-22(28)33-14)39-21-13-18(26(29,30)31)19(27)12-17(21)23(36)34-15-5-3-6-16(11-15)40(38)35(2)24(37)25(32)9-4-10-25/h3,5-8,11-13H,4,9-10,32H2,1-2H3,(H,34,36). The fourth-order valence-corrected chi connectivity index (χ4v) is 5.32. The van der Waals surface area contributed by atoms with Crippen molar-refractivity contribution in [2.45, 2.75) is 42.8 Å². The smallest absolute Gasteiger partial charge is 0.417 e. The van der Waals surface area contributed by atoms with E-state index in [9.17, 15) is 31.7 Å². The molecule has 3 aromatic rings. The van der Waals surface area contributed by atoms with Crippen LogP contribution in [0, 0.1) is 12.9 Å². The van der Waals surface area contributed by atoms with Crippen LogP contribution < -0.4 is 15.8 Å². The van der Waals surface area contributed by atoms with E-state index >= 15 is 0 Å². The van der Waals surface area contributed by atoms with Gasteiger partial charge in [-0.25, -0.2) is 4.98 Å². The highest BCUT2D eigenvalue weighted by molar-refractivity contribution is 7.89. The van der Waals surface area contributed by atoms with Gasteiger partial charge in [0.15, 0.2) is 4.90 Å². The SMILES string of the molecule is Cc1nc(F)ccc1Oc1cc(C(F)(F)F)c(Cl)cc1C(=O)Nc1cccc([S+]([O-])N(C)C(=O)C2(N)CCC2)c1. The molecule has 40 heavy (non-hydrogen) atoms. The number of halogens is 5. The number of aryl methyl sites for hydroxylation is 1. The van der Waals surface area contributed by atoms with Crippen LogP contribution in [0.5, 0.6) is 11.5 Å². The molecule has 14 heteroatoms. The van der Waals surface area contributed by atoms with E-state index in [-0.39, 0.29) is 27.6 Å². The number of likely N-dealkylation sites (N-methyl/N-ethyl adjacent to an activating group) is 1. The highest BCUT2D eigenvalue weighted by Crippen LogP contribution is 2.40. The van der Waals surface area contributed by atoms with Gasteiger partial charge in [-0.15, -0.1) is 0 Å². The Balaban J connectivity index is 1.63. The zero-order valence-corrected chi connectivity index (χ0v) is 22.7. The molecule has 2 aromatic carbocycles. The molecular formula is C26H23ClF4N4O4S. The average Bonchev–Trinajstić information content (AvgIpc) is 2.87. The predicted octanol–water partition coefficient (Wildman–Crippen LogP) is 5.61. The third-order valence-corrected chi connectivity index (χ3v) is 7.98. The molecule has 2 amide bonds. The van der Waals surface area contributed by atoms with E-state index in [1.165, 1.54) is 38.2 Å². The fraction of sp³-hybridized carbons (Fsp3) is 0.269. The molecule has 8 nitrogen and oxygen atoms in total. The van der Waals surface area contributed by atoms with E-state index in [4.69, 9.17) is 22.1 Å². The Kier molecular flexibility index (Phi) is 8.31. The summed E-state index contributed by atoms with van der Waals surface area (Å²) in [7, 11) is 1.36. The number of ether oxygens (including phenoxy) is 1. The summed E-state index contributed by atoms with van der Waals surface area (Å²) < 4.78 is 73.7. The molecule has 1 aliphatic rings. The van der Waals surface area contributed by atoms with Gasteiger partial charge in [0.2, 0.25) is 5.95 Å². The normalized spacial score (nSPS) is 15.1. The van der Waals surface area contributed by atoms with Crippen LogP contribution >= 0.6 is 11.6 Å². The predicted molar refractivity (Wildman–Crippen MR) is 140 cm³/mol. The third-order valence-electron chi connectivity index (χ3n) is 6.34. The Morgan fingerprint density at radius 1 is 1.18 bits per heavy atom. The van der Waals surface area contributed by atoms with Gasteiger partial charge in [-0.3, -0.25) is 9.59 Å². The van der Waals surface area contributed by atoms with Crippen LogP contribution in [-0.4, -0.2) is 38.2 Å². The van der Waals surface area contributed by atoms with Crippen molar-refractivity contribution in [2.75, 3.05) is 12.4 Å². The lowest BCUT2D eigenvalue weighted by molar-refractivity contribution is -0.137. The second-order valence-electron chi connectivity index (χ2n) is 9.19. The molecule has 4 rings (SSSR count). The van der Waals surface area contributed by atoms with Crippen molar-refractivity contribution >= 4 is 40.5 Å². The second kappa shape index (κ2) is 11.2. The number of alkyl halides is 3. The van der Waals surface area contributed by atoms with Crippen LogP contribution in [0.25, 0.3) is 0 Å². The molecule has 1 unspecified atom stereocenters. The Morgan fingerprint density at radius 3 is 2.48 bits per heavy atom. The number of hydrogen-bond donors (Lipinski definition) is 2. The van der Waals surface area contributed by atoms with Crippen molar-refractivity contribution in [3.8, 4) is 11.5 Å². The highest BCUT2D eigenvalue weighted by Gasteiger charge is 2.45. The topological polar surface area (TPSA) is 121 Å². The van der Waals surface area contributed by atoms with E-state index in [1.54, 1.807) is 0 Å². The molecule has 1 aliphatic carbocycles. The number of benzene rings is 2. The number of rotatable bonds is 7. The summed E-state index contributed by atoms with van der Waals surface area (Å²) >= 11 is 3.92. The first-order valence-electron chi connectivity index (χ1n) is 11.8. The molecule has 1 atom stereocenters. The molecule has 212 valence electrons. The number of nitrogens with one attached hydrogen (secondary N) is 1. The number of aromatic nitrogens is 1. The largest absolute Gasteiger partial charge is 0.588 e. The maximum atomic E-state index is 13.6. The molecule has 1 heterocycles. The number of carbonyl (C=O) groups excluding carboxylic acids is 2. The number of anilines is 1. The number of nitrogens with zero attached hydrogens (tertiary/aromatic N) is 2. The van der Waals surface area contributed by atoms with Crippen molar-refractivity contribution < 1.29 is 36.4 Å². The van der Waals surface area contributed by atoms with Gasteiger partial charge in [0.1, 0.15) is 22.9 Å². The van der Waals surface area contributed by atoms with Crippen LogP contribution in [0.2, 0.25) is 5.02 Å². The summed E-state index contributed by atoms with van der Waals surface area (Å²) in [4.78, 5) is 29.6.